The van der Waals surface area contributed by atoms with Gasteiger partial charge in [0.2, 0.25) is 0 Å². The van der Waals surface area contributed by atoms with Gasteiger partial charge in [0.25, 0.3) is 0 Å². The van der Waals surface area contributed by atoms with Gasteiger partial charge in [-0.1, -0.05) is 212 Å². The lowest BCUT2D eigenvalue weighted by Gasteiger charge is -2.17. The molecule has 0 spiro atoms. The highest BCUT2D eigenvalue weighted by molar-refractivity contribution is 6.33. The number of nitrogens with zero attached hydrogens (tertiary/aromatic N) is 2. The molecule has 1 heterocycles. The molecule has 12 aromatic carbocycles. The van der Waals surface area contributed by atoms with Crippen molar-refractivity contribution in [1.29, 1.82) is 0 Å². The largest absolute Gasteiger partial charge is 0.228 e. The van der Waals surface area contributed by atoms with Crippen molar-refractivity contribution in [1.82, 2.24) is 9.97 Å². The van der Waals surface area contributed by atoms with Crippen LogP contribution in [-0.4, -0.2) is 9.97 Å². The average Bonchev–Trinajstić information content (AvgIpc) is 3.38. The van der Waals surface area contributed by atoms with Crippen LogP contribution in [0, 0.1) is 0 Å². The monoisotopic (exact) mass is 810 g/mol. The minimum absolute atomic E-state index is 0.684. The Hall–Kier alpha value is -8.46. The Morgan fingerprint density at radius 2 is 0.750 bits per heavy atom. The van der Waals surface area contributed by atoms with Crippen LogP contribution in [0.4, 0.5) is 0 Å². The molecule has 2 heteroatoms. The van der Waals surface area contributed by atoms with Crippen LogP contribution in [0.3, 0.4) is 0 Å². The van der Waals surface area contributed by atoms with Gasteiger partial charge in [-0.3, -0.25) is 0 Å². The summed E-state index contributed by atoms with van der Waals surface area (Å²) in [5.41, 5.74) is 9.53. The fraction of sp³-hybridized carbons (Fsp3) is 0. The number of hydrogen-bond acceptors (Lipinski definition) is 2. The topological polar surface area (TPSA) is 25.8 Å². The van der Waals surface area contributed by atoms with Gasteiger partial charge in [-0.25, -0.2) is 9.97 Å². The van der Waals surface area contributed by atoms with E-state index in [1.54, 1.807) is 0 Å². The summed E-state index contributed by atoms with van der Waals surface area (Å²) >= 11 is 0. The maximum atomic E-state index is 5.53. The van der Waals surface area contributed by atoms with Crippen molar-refractivity contribution in [2.45, 2.75) is 0 Å². The molecule has 64 heavy (non-hydrogen) atoms. The van der Waals surface area contributed by atoms with Gasteiger partial charge in [-0.15, -0.1) is 0 Å². The van der Waals surface area contributed by atoms with Crippen LogP contribution in [0.5, 0.6) is 0 Å². The maximum Gasteiger partial charge on any atom is 0.160 e. The molecule has 0 saturated carbocycles. The van der Waals surface area contributed by atoms with Crippen LogP contribution in [0.1, 0.15) is 0 Å². The SMILES string of the molecule is c1ccc(-c2ccccc2-c2cc(-c3cc4c5ccccc5c5ccccc5c4c4ccccc34)nc(-c3ccc(-c4c5ccccc5cc5c4ccc4ccccc45)cc3)n2)cc1. The summed E-state index contributed by atoms with van der Waals surface area (Å²) in [5.74, 6) is 0.684. The molecule has 0 bridgehead atoms. The van der Waals surface area contributed by atoms with E-state index in [2.05, 4.69) is 231 Å². The molecule has 1 aromatic heterocycles. The molecule has 0 saturated heterocycles. The fourth-order valence-electron chi connectivity index (χ4n) is 10.3. The molecule has 0 aliphatic heterocycles. The molecule has 0 N–H and O–H groups in total. The maximum absolute atomic E-state index is 5.53. The highest BCUT2D eigenvalue weighted by atomic mass is 14.9. The predicted molar refractivity (Wildman–Crippen MR) is 272 cm³/mol. The van der Waals surface area contributed by atoms with Crippen molar-refractivity contribution in [3.05, 3.63) is 231 Å². The Morgan fingerprint density at radius 3 is 1.48 bits per heavy atom. The number of benzene rings is 12. The molecule has 296 valence electrons. The van der Waals surface area contributed by atoms with Gasteiger partial charge < -0.3 is 0 Å². The Labute approximate surface area is 370 Å². The second kappa shape index (κ2) is 14.6. The van der Waals surface area contributed by atoms with Gasteiger partial charge in [0.1, 0.15) is 0 Å². The zero-order valence-corrected chi connectivity index (χ0v) is 34.8. The van der Waals surface area contributed by atoms with Crippen LogP contribution in [0.25, 0.3) is 132 Å². The van der Waals surface area contributed by atoms with Crippen LogP contribution < -0.4 is 0 Å². The molecule has 0 aliphatic carbocycles. The third kappa shape index (κ3) is 5.73. The van der Waals surface area contributed by atoms with Crippen LogP contribution in [-0.2, 0) is 0 Å². The van der Waals surface area contributed by atoms with Crippen LogP contribution in [0.15, 0.2) is 231 Å². The molecule has 13 aromatic rings. The molecule has 0 amide bonds. The minimum Gasteiger partial charge on any atom is -0.228 e. The van der Waals surface area contributed by atoms with Crippen molar-refractivity contribution in [3.63, 3.8) is 0 Å². The molecule has 0 atom stereocenters. The van der Waals surface area contributed by atoms with Crippen LogP contribution in [0.2, 0.25) is 0 Å². The lowest BCUT2D eigenvalue weighted by Crippen LogP contribution is -1.98. The van der Waals surface area contributed by atoms with Crippen molar-refractivity contribution < 1.29 is 0 Å². The van der Waals surface area contributed by atoms with Crippen molar-refractivity contribution >= 4 is 75.4 Å². The van der Waals surface area contributed by atoms with Crippen molar-refractivity contribution in [2.24, 2.45) is 0 Å². The van der Waals surface area contributed by atoms with E-state index in [-0.39, 0.29) is 0 Å². The fourth-order valence-corrected chi connectivity index (χ4v) is 10.3. The summed E-state index contributed by atoms with van der Waals surface area (Å²) < 4.78 is 0. The van der Waals surface area contributed by atoms with E-state index in [0.717, 1.165) is 50.2 Å². The van der Waals surface area contributed by atoms with Crippen molar-refractivity contribution in [3.8, 4) is 56.2 Å². The van der Waals surface area contributed by atoms with E-state index < -0.39 is 0 Å². The van der Waals surface area contributed by atoms with Gasteiger partial charge in [0.15, 0.2) is 5.82 Å². The van der Waals surface area contributed by atoms with E-state index in [1.165, 1.54) is 75.6 Å². The zero-order chi connectivity index (χ0) is 42.1. The van der Waals surface area contributed by atoms with Gasteiger partial charge in [-0.2, -0.15) is 0 Å². The first-order valence-electron chi connectivity index (χ1n) is 22.0. The molecular formula is C62H38N2. The third-order valence-corrected chi connectivity index (χ3v) is 13.2. The van der Waals surface area contributed by atoms with E-state index in [9.17, 15) is 0 Å². The molecule has 0 aliphatic rings. The molecule has 0 fully saturated rings. The van der Waals surface area contributed by atoms with E-state index in [4.69, 9.17) is 9.97 Å². The highest BCUT2D eigenvalue weighted by Gasteiger charge is 2.20. The molecule has 0 radical (unpaired) electrons. The highest BCUT2D eigenvalue weighted by Crippen LogP contribution is 2.44. The Balaban J connectivity index is 1.06. The summed E-state index contributed by atoms with van der Waals surface area (Å²) in [7, 11) is 0. The quantitative estimate of drug-likeness (QED) is 0.128. The summed E-state index contributed by atoms with van der Waals surface area (Å²) in [6, 6.07) is 83.5. The summed E-state index contributed by atoms with van der Waals surface area (Å²) in [4.78, 5) is 11.0. The standard InChI is InChI=1S/C62H38N2/c1-2-16-39(17-3-1)44-20-8-13-27-51(44)58-38-59(56-37-57-49-25-10-9-23-47(49)48-24-11-14-28-52(48)61(57)53-29-15-12-26-50(53)56)64-62(63-58)42-32-30-41(31-33-42)60-46-22-7-5-19-43(46)36-55-45-21-6-4-18-40(45)34-35-54(55)60/h1-38H. The Bertz CT molecular complexity index is 4000. The number of hydrogen-bond donors (Lipinski definition) is 0. The average molecular weight is 811 g/mol. The van der Waals surface area contributed by atoms with E-state index in [1.807, 2.05) is 0 Å². The molecule has 13 rings (SSSR count). The Morgan fingerprint density at radius 1 is 0.234 bits per heavy atom. The lowest BCUT2D eigenvalue weighted by atomic mass is 9.88. The number of fused-ring (bicyclic) bond motifs is 12. The van der Waals surface area contributed by atoms with E-state index in [0.29, 0.717) is 5.82 Å². The van der Waals surface area contributed by atoms with Gasteiger partial charge in [0.05, 0.1) is 11.4 Å². The minimum atomic E-state index is 0.684. The predicted octanol–water partition coefficient (Wildman–Crippen LogP) is 16.9. The Kier molecular flexibility index (Phi) is 8.25. The smallest absolute Gasteiger partial charge is 0.160 e. The first-order chi connectivity index (χ1) is 31.7. The first-order valence-corrected chi connectivity index (χ1v) is 22.0. The molecule has 0 unspecified atom stereocenters. The third-order valence-electron chi connectivity index (χ3n) is 13.2. The molecule has 2 nitrogen and oxygen atoms in total. The molecular weight excluding hydrogens is 773 g/mol. The first kappa shape index (κ1) is 36.2. The van der Waals surface area contributed by atoms with Crippen LogP contribution >= 0.6 is 0 Å². The second-order valence-electron chi connectivity index (χ2n) is 16.8. The number of rotatable bonds is 5. The normalized spacial score (nSPS) is 11.8. The summed E-state index contributed by atoms with van der Waals surface area (Å²) in [5, 5.41) is 17.3. The summed E-state index contributed by atoms with van der Waals surface area (Å²) in [6.45, 7) is 0. The lowest BCUT2D eigenvalue weighted by molar-refractivity contribution is 1.19. The van der Waals surface area contributed by atoms with Gasteiger partial charge in [0, 0.05) is 16.7 Å². The second-order valence-corrected chi connectivity index (χ2v) is 16.8. The summed E-state index contributed by atoms with van der Waals surface area (Å²) in [6.07, 6.45) is 0. The van der Waals surface area contributed by atoms with Crippen molar-refractivity contribution in [2.75, 3.05) is 0 Å². The van der Waals surface area contributed by atoms with Gasteiger partial charge >= 0.3 is 0 Å². The van der Waals surface area contributed by atoms with Gasteiger partial charge in [-0.05, 0) is 116 Å². The number of aromatic nitrogens is 2. The van der Waals surface area contributed by atoms with E-state index >= 15 is 0 Å². The zero-order valence-electron chi connectivity index (χ0n) is 34.8.